The lowest BCUT2D eigenvalue weighted by Crippen LogP contribution is -2.37. The van der Waals surface area contributed by atoms with E-state index < -0.39 is 12.0 Å². The van der Waals surface area contributed by atoms with Crippen molar-refractivity contribution in [1.29, 1.82) is 0 Å². The molecule has 1 aromatic carbocycles. The van der Waals surface area contributed by atoms with E-state index in [-0.39, 0.29) is 11.9 Å². The first kappa shape index (κ1) is 19.6. The van der Waals surface area contributed by atoms with Crippen LogP contribution in [-0.4, -0.2) is 47.4 Å². The van der Waals surface area contributed by atoms with Crippen molar-refractivity contribution in [2.24, 2.45) is 0 Å². The molecule has 1 saturated heterocycles. The number of nitrogens with zero attached hydrogens (tertiary/aromatic N) is 2. The van der Waals surface area contributed by atoms with Gasteiger partial charge in [-0.3, -0.25) is 9.59 Å². The Kier molecular flexibility index (Phi) is 5.77. The zero-order valence-corrected chi connectivity index (χ0v) is 16.2. The van der Waals surface area contributed by atoms with Crippen molar-refractivity contribution < 1.29 is 23.9 Å². The summed E-state index contributed by atoms with van der Waals surface area (Å²) < 4.78 is 11.3. The molecule has 1 unspecified atom stereocenters. The lowest BCUT2D eigenvalue weighted by Gasteiger charge is -2.10. The molecule has 1 aromatic heterocycles. The lowest BCUT2D eigenvalue weighted by molar-refractivity contribution is -0.141. The van der Waals surface area contributed by atoms with Crippen LogP contribution in [0.3, 0.4) is 0 Å². The smallest absolute Gasteiger partial charge is 0.328 e. The third kappa shape index (κ3) is 4.05. The lowest BCUT2D eigenvalue weighted by atomic mass is 10.1. The van der Waals surface area contributed by atoms with Gasteiger partial charge in [-0.2, -0.15) is 5.10 Å². The number of esters is 2. The van der Waals surface area contributed by atoms with Gasteiger partial charge in [-0.05, 0) is 50.1 Å². The van der Waals surface area contributed by atoms with E-state index in [4.69, 9.17) is 9.47 Å². The number of ether oxygens (including phenoxy) is 2. The molecule has 1 amide bonds. The van der Waals surface area contributed by atoms with Gasteiger partial charge >= 0.3 is 11.9 Å². The Morgan fingerprint density at radius 3 is 2.61 bits per heavy atom. The highest BCUT2D eigenvalue weighted by molar-refractivity contribution is 5.97. The first-order valence-electron chi connectivity index (χ1n) is 9.10. The van der Waals surface area contributed by atoms with Gasteiger partial charge in [0.25, 0.3) is 5.91 Å². The molecule has 0 radical (unpaired) electrons. The van der Waals surface area contributed by atoms with E-state index in [1.165, 1.54) is 7.11 Å². The second-order valence-electron chi connectivity index (χ2n) is 6.67. The number of hydrogen-bond acceptors (Lipinski definition) is 6. The summed E-state index contributed by atoms with van der Waals surface area (Å²) in [5.41, 5.74) is 4.06. The Morgan fingerprint density at radius 1 is 1.29 bits per heavy atom. The molecule has 1 fully saturated rings. The van der Waals surface area contributed by atoms with Crippen LogP contribution in [0.25, 0.3) is 5.69 Å². The van der Waals surface area contributed by atoms with E-state index in [1.807, 2.05) is 13.8 Å². The maximum absolute atomic E-state index is 12.3. The highest BCUT2D eigenvalue weighted by atomic mass is 16.5. The van der Waals surface area contributed by atoms with Crippen LogP contribution in [0.4, 0.5) is 0 Å². The molecule has 8 nitrogen and oxygen atoms in total. The van der Waals surface area contributed by atoms with Gasteiger partial charge in [0.05, 0.1) is 25.1 Å². The second kappa shape index (κ2) is 8.24. The quantitative estimate of drug-likeness (QED) is 0.759. The number of hydrogen-bond donors (Lipinski definition) is 1. The first-order chi connectivity index (χ1) is 13.4. The second-order valence-corrected chi connectivity index (χ2v) is 6.67. The molecule has 1 aliphatic heterocycles. The number of aryl methyl sites for hydroxylation is 1. The molecule has 1 aliphatic rings. The fourth-order valence-electron chi connectivity index (χ4n) is 3.24. The minimum atomic E-state index is -0.583. The van der Waals surface area contributed by atoms with Crippen molar-refractivity contribution in [3.05, 3.63) is 46.8 Å². The SMILES string of the molecule is COC(=O)CCc1c(C)nn(-c2ccc(C(=O)NC3CCOC3=O)cc2)c1C. The number of aromatic nitrogens is 2. The van der Waals surface area contributed by atoms with Crippen molar-refractivity contribution in [1.82, 2.24) is 15.1 Å². The molecule has 8 heteroatoms. The van der Waals surface area contributed by atoms with Crippen molar-refractivity contribution in [2.75, 3.05) is 13.7 Å². The molecule has 2 heterocycles. The summed E-state index contributed by atoms with van der Waals surface area (Å²) in [6, 6.07) is 6.39. The molecule has 0 bridgehead atoms. The molecular weight excluding hydrogens is 362 g/mol. The van der Waals surface area contributed by atoms with Gasteiger partial charge in [0.15, 0.2) is 0 Å². The summed E-state index contributed by atoms with van der Waals surface area (Å²) in [5.74, 6) is -0.970. The maximum Gasteiger partial charge on any atom is 0.328 e. The minimum absolute atomic E-state index is 0.256. The van der Waals surface area contributed by atoms with Crippen molar-refractivity contribution in [3.63, 3.8) is 0 Å². The molecule has 2 aromatic rings. The van der Waals surface area contributed by atoms with E-state index in [1.54, 1.807) is 28.9 Å². The van der Waals surface area contributed by atoms with Crippen LogP contribution in [0.1, 0.15) is 40.2 Å². The number of carbonyl (C=O) groups excluding carboxylic acids is 3. The molecule has 3 rings (SSSR count). The predicted octanol–water partition coefficient (Wildman–Crippen LogP) is 1.64. The van der Waals surface area contributed by atoms with Crippen LogP contribution in [0.5, 0.6) is 0 Å². The number of rotatable bonds is 6. The van der Waals surface area contributed by atoms with Crippen LogP contribution >= 0.6 is 0 Å². The summed E-state index contributed by atoms with van der Waals surface area (Å²) in [7, 11) is 1.37. The van der Waals surface area contributed by atoms with Crippen LogP contribution < -0.4 is 5.32 Å². The number of nitrogens with one attached hydrogen (secondary N) is 1. The van der Waals surface area contributed by atoms with Gasteiger partial charge in [-0.25, -0.2) is 9.48 Å². The van der Waals surface area contributed by atoms with Crippen molar-refractivity contribution in [3.8, 4) is 5.69 Å². The van der Waals surface area contributed by atoms with Gasteiger partial charge in [0.2, 0.25) is 0 Å². The predicted molar refractivity (Wildman–Crippen MR) is 100 cm³/mol. The fraction of sp³-hybridized carbons (Fsp3) is 0.400. The van der Waals surface area contributed by atoms with Crippen molar-refractivity contribution >= 4 is 17.8 Å². The molecular formula is C20H23N3O5. The number of carbonyl (C=O) groups is 3. The monoisotopic (exact) mass is 385 g/mol. The van der Waals surface area contributed by atoms with Crippen LogP contribution in [0, 0.1) is 13.8 Å². The Hall–Kier alpha value is -3.16. The minimum Gasteiger partial charge on any atom is -0.469 e. The van der Waals surface area contributed by atoms with Crippen LogP contribution in [0.2, 0.25) is 0 Å². The van der Waals surface area contributed by atoms with E-state index >= 15 is 0 Å². The molecule has 28 heavy (non-hydrogen) atoms. The van der Waals surface area contributed by atoms with E-state index in [2.05, 4.69) is 10.4 Å². The van der Waals surface area contributed by atoms with Gasteiger partial charge in [0, 0.05) is 24.1 Å². The molecule has 1 N–H and O–H groups in total. The number of cyclic esters (lactones) is 1. The summed E-state index contributed by atoms with van der Waals surface area (Å²) in [6.45, 7) is 4.18. The fourth-order valence-corrected chi connectivity index (χ4v) is 3.24. The highest BCUT2D eigenvalue weighted by Gasteiger charge is 2.28. The summed E-state index contributed by atoms with van der Waals surface area (Å²) in [5, 5.41) is 7.24. The van der Waals surface area contributed by atoms with E-state index in [9.17, 15) is 14.4 Å². The van der Waals surface area contributed by atoms with Gasteiger partial charge < -0.3 is 14.8 Å². The summed E-state index contributed by atoms with van der Waals surface area (Å²) >= 11 is 0. The normalized spacial score (nSPS) is 16.0. The van der Waals surface area contributed by atoms with Gasteiger partial charge in [0.1, 0.15) is 6.04 Å². The Morgan fingerprint density at radius 2 is 2.00 bits per heavy atom. The average Bonchev–Trinajstić information content (AvgIpc) is 3.22. The van der Waals surface area contributed by atoms with Crippen LogP contribution in [-0.2, 0) is 25.5 Å². The number of methoxy groups -OCH3 is 1. The van der Waals surface area contributed by atoms with Gasteiger partial charge in [-0.1, -0.05) is 0 Å². The third-order valence-electron chi connectivity index (χ3n) is 4.86. The maximum atomic E-state index is 12.3. The first-order valence-corrected chi connectivity index (χ1v) is 9.10. The zero-order chi connectivity index (χ0) is 20.3. The number of benzene rings is 1. The topological polar surface area (TPSA) is 99.5 Å². The molecule has 1 atom stereocenters. The molecule has 0 saturated carbocycles. The summed E-state index contributed by atoms with van der Waals surface area (Å²) in [4.78, 5) is 35.2. The Labute approximate surface area is 162 Å². The average molecular weight is 385 g/mol. The highest BCUT2D eigenvalue weighted by Crippen LogP contribution is 2.20. The molecule has 0 aliphatic carbocycles. The Bertz CT molecular complexity index is 901. The Balaban J connectivity index is 1.73. The van der Waals surface area contributed by atoms with Crippen LogP contribution in [0.15, 0.2) is 24.3 Å². The number of amides is 1. The zero-order valence-electron chi connectivity index (χ0n) is 16.2. The van der Waals surface area contributed by atoms with Crippen molar-refractivity contribution in [2.45, 2.75) is 39.2 Å². The largest absolute Gasteiger partial charge is 0.469 e. The van der Waals surface area contributed by atoms with E-state index in [0.717, 1.165) is 22.6 Å². The summed E-state index contributed by atoms with van der Waals surface area (Å²) in [6.07, 6.45) is 1.34. The van der Waals surface area contributed by atoms with E-state index in [0.29, 0.717) is 31.4 Å². The molecule has 0 spiro atoms. The molecule has 148 valence electrons. The third-order valence-corrected chi connectivity index (χ3v) is 4.86. The standard InChI is InChI=1S/C20H23N3O5/c1-12-16(8-9-18(24)27-3)13(2)23(22-12)15-6-4-14(5-7-15)19(25)21-17-10-11-28-20(17)26/h4-7,17H,8-11H2,1-3H3,(H,21,25). The van der Waals surface area contributed by atoms with Gasteiger partial charge in [-0.15, -0.1) is 0 Å².